The van der Waals surface area contributed by atoms with Gasteiger partial charge in [-0.3, -0.25) is 4.79 Å². The van der Waals surface area contributed by atoms with Crippen LogP contribution in [-0.2, 0) is 0 Å². The lowest BCUT2D eigenvalue weighted by Crippen LogP contribution is -2.28. The fraction of sp³-hybridized carbons (Fsp3) is 0.238. The highest BCUT2D eigenvalue weighted by Crippen LogP contribution is 2.21. The van der Waals surface area contributed by atoms with Crippen LogP contribution in [0.3, 0.4) is 0 Å². The average molecular weight is 351 g/mol. The Hall–Kier alpha value is -2.95. The van der Waals surface area contributed by atoms with Gasteiger partial charge in [0.05, 0.1) is 23.5 Å². The Kier molecular flexibility index (Phi) is 5.46. The Morgan fingerprint density at radius 2 is 1.85 bits per heavy atom. The summed E-state index contributed by atoms with van der Waals surface area (Å²) in [7, 11) is 0. The van der Waals surface area contributed by atoms with Crippen LogP contribution in [0.4, 0.5) is 4.39 Å². The topological polar surface area (TPSA) is 46.9 Å². The van der Waals surface area contributed by atoms with Crippen LogP contribution < -0.4 is 5.32 Å². The maximum absolute atomic E-state index is 14.0. The molecule has 0 aliphatic carbocycles. The predicted octanol–water partition coefficient (Wildman–Crippen LogP) is 4.59. The zero-order chi connectivity index (χ0) is 18.5. The number of carbonyl (C=O) groups excluding carboxylic acids is 1. The lowest BCUT2D eigenvalue weighted by Gasteiger charge is -2.18. The van der Waals surface area contributed by atoms with Crippen LogP contribution >= 0.6 is 0 Å². The summed E-state index contributed by atoms with van der Waals surface area (Å²) in [5.41, 5.74) is 2.46. The van der Waals surface area contributed by atoms with E-state index in [1.807, 2.05) is 30.3 Å². The minimum Gasteiger partial charge on any atom is -0.345 e. The Morgan fingerprint density at radius 3 is 2.54 bits per heavy atom. The number of aromatic nitrogens is 2. The van der Waals surface area contributed by atoms with Gasteiger partial charge in [0, 0.05) is 0 Å². The predicted molar refractivity (Wildman–Crippen MR) is 99.8 cm³/mol. The van der Waals surface area contributed by atoms with Gasteiger partial charge in [0.2, 0.25) is 0 Å². The monoisotopic (exact) mass is 351 g/mol. The van der Waals surface area contributed by atoms with Crippen LogP contribution in [-0.4, -0.2) is 15.7 Å². The molecule has 1 heterocycles. The van der Waals surface area contributed by atoms with Crippen molar-refractivity contribution in [3.8, 4) is 5.69 Å². The van der Waals surface area contributed by atoms with E-state index < -0.39 is 0 Å². The van der Waals surface area contributed by atoms with E-state index in [9.17, 15) is 9.18 Å². The molecule has 1 atom stereocenters. The largest absolute Gasteiger partial charge is 0.345 e. The zero-order valence-corrected chi connectivity index (χ0v) is 14.9. The summed E-state index contributed by atoms with van der Waals surface area (Å²) in [6.07, 6.45) is 3.29. The van der Waals surface area contributed by atoms with Crippen molar-refractivity contribution in [3.63, 3.8) is 0 Å². The second-order valence-corrected chi connectivity index (χ2v) is 6.23. The molecule has 0 radical (unpaired) electrons. The van der Waals surface area contributed by atoms with Gasteiger partial charge in [0.15, 0.2) is 0 Å². The molecular weight excluding hydrogens is 329 g/mol. The summed E-state index contributed by atoms with van der Waals surface area (Å²) in [5, 5.41) is 7.29. The lowest BCUT2D eigenvalue weighted by atomic mass is 10.0. The number of nitrogens with one attached hydrogen (secondary N) is 1. The van der Waals surface area contributed by atoms with Crippen molar-refractivity contribution in [1.29, 1.82) is 0 Å². The molecule has 2 aromatic carbocycles. The molecule has 0 saturated heterocycles. The van der Waals surface area contributed by atoms with Crippen molar-refractivity contribution in [2.24, 2.45) is 0 Å². The van der Waals surface area contributed by atoms with E-state index in [1.54, 1.807) is 25.1 Å². The quantitative estimate of drug-likeness (QED) is 0.706. The fourth-order valence-corrected chi connectivity index (χ4v) is 3.03. The van der Waals surface area contributed by atoms with Crippen molar-refractivity contribution < 1.29 is 9.18 Å². The number of para-hydroxylation sites is 1. The van der Waals surface area contributed by atoms with Crippen LogP contribution in [0.15, 0.2) is 60.8 Å². The summed E-state index contributed by atoms with van der Waals surface area (Å²) in [4.78, 5) is 12.8. The average Bonchev–Trinajstić information content (AvgIpc) is 3.04. The first-order valence-corrected chi connectivity index (χ1v) is 8.77. The SMILES string of the molecule is CCCC(NC(=O)c1cnn(-c2ccccc2F)c1C)c1ccccc1. The minimum absolute atomic E-state index is 0.0649. The molecule has 0 aliphatic rings. The van der Waals surface area contributed by atoms with E-state index in [0.29, 0.717) is 16.9 Å². The maximum atomic E-state index is 14.0. The molecule has 0 aliphatic heterocycles. The summed E-state index contributed by atoms with van der Waals surface area (Å²) in [6, 6.07) is 16.2. The first-order valence-electron chi connectivity index (χ1n) is 8.77. The highest BCUT2D eigenvalue weighted by molar-refractivity contribution is 5.95. The number of benzene rings is 2. The third-order valence-corrected chi connectivity index (χ3v) is 4.42. The molecule has 1 aromatic heterocycles. The van der Waals surface area contributed by atoms with Crippen LogP contribution in [0, 0.1) is 12.7 Å². The van der Waals surface area contributed by atoms with Gasteiger partial charge < -0.3 is 5.32 Å². The smallest absolute Gasteiger partial charge is 0.255 e. The highest BCUT2D eigenvalue weighted by atomic mass is 19.1. The first-order chi connectivity index (χ1) is 12.6. The Balaban J connectivity index is 1.85. The molecule has 26 heavy (non-hydrogen) atoms. The second-order valence-electron chi connectivity index (χ2n) is 6.23. The lowest BCUT2D eigenvalue weighted by molar-refractivity contribution is 0.0934. The van der Waals surface area contributed by atoms with E-state index >= 15 is 0 Å². The number of carbonyl (C=O) groups is 1. The maximum Gasteiger partial charge on any atom is 0.255 e. The van der Waals surface area contributed by atoms with Gasteiger partial charge in [-0.2, -0.15) is 5.10 Å². The van der Waals surface area contributed by atoms with Gasteiger partial charge in [-0.1, -0.05) is 55.8 Å². The van der Waals surface area contributed by atoms with Gasteiger partial charge >= 0.3 is 0 Å². The summed E-state index contributed by atoms with van der Waals surface area (Å²) in [5.74, 6) is -0.578. The number of amides is 1. The molecule has 134 valence electrons. The zero-order valence-electron chi connectivity index (χ0n) is 14.9. The molecule has 0 fully saturated rings. The van der Waals surface area contributed by atoms with Gasteiger partial charge in [0.25, 0.3) is 5.91 Å². The number of hydrogen-bond acceptors (Lipinski definition) is 2. The van der Waals surface area contributed by atoms with Gasteiger partial charge in [-0.15, -0.1) is 0 Å². The van der Waals surface area contributed by atoms with Crippen molar-refractivity contribution in [1.82, 2.24) is 15.1 Å². The normalized spacial score (nSPS) is 12.0. The van der Waals surface area contributed by atoms with Crippen molar-refractivity contribution in [2.45, 2.75) is 32.7 Å². The van der Waals surface area contributed by atoms with Crippen LogP contribution in [0.25, 0.3) is 5.69 Å². The van der Waals surface area contributed by atoms with E-state index in [1.165, 1.54) is 16.9 Å². The van der Waals surface area contributed by atoms with Gasteiger partial charge in [-0.25, -0.2) is 9.07 Å². The molecule has 1 unspecified atom stereocenters. The Labute approximate surface area is 152 Å². The molecule has 0 bridgehead atoms. The van der Waals surface area contributed by atoms with E-state index in [4.69, 9.17) is 0 Å². The van der Waals surface area contributed by atoms with Crippen LogP contribution in [0.1, 0.15) is 47.4 Å². The van der Waals surface area contributed by atoms with Crippen molar-refractivity contribution >= 4 is 5.91 Å². The Bertz CT molecular complexity index is 889. The van der Waals surface area contributed by atoms with Crippen LogP contribution in [0.5, 0.6) is 0 Å². The molecule has 1 amide bonds. The van der Waals surface area contributed by atoms with Crippen LogP contribution in [0.2, 0.25) is 0 Å². The van der Waals surface area contributed by atoms with Crippen molar-refractivity contribution in [3.05, 3.63) is 83.4 Å². The summed E-state index contributed by atoms with van der Waals surface area (Å²) < 4.78 is 15.5. The van der Waals surface area contributed by atoms with E-state index in [-0.39, 0.29) is 17.8 Å². The van der Waals surface area contributed by atoms with Gasteiger partial charge in [-0.05, 0) is 31.0 Å². The second kappa shape index (κ2) is 7.95. The van der Waals surface area contributed by atoms with Gasteiger partial charge in [0.1, 0.15) is 11.5 Å². The van der Waals surface area contributed by atoms with E-state index in [2.05, 4.69) is 17.3 Å². The highest BCUT2D eigenvalue weighted by Gasteiger charge is 2.20. The van der Waals surface area contributed by atoms with E-state index in [0.717, 1.165) is 18.4 Å². The molecule has 0 spiro atoms. The Morgan fingerprint density at radius 1 is 1.15 bits per heavy atom. The third kappa shape index (κ3) is 3.67. The number of nitrogens with zero attached hydrogens (tertiary/aromatic N) is 2. The standard InChI is InChI=1S/C21H22FN3O/c1-3-9-19(16-10-5-4-6-11-16)24-21(26)17-14-23-25(15(17)2)20-13-8-7-12-18(20)22/h4-8,10-14,19H,3,9H2,1-2H3,(H,24,26). The number of halogens is 1. The minimum atomic E-state index is -0.376. The summed E-state index contributed by atoms with van der Waals surface area (Å²) in [6.45, 7) is 3.86. The summed E-state index contributed by atoms with van der Waals surface area (Å²) >= 11 is 0. The van der Waals surface area contributed by atoms with Crippen molar-refractivity contribution in [2.75, 3.05) is 0 Å². The number of rotatable bonds is 6. The molecule has 3 aromatic rings. The molecule has 4 nitrogen and oxygen atoms in total. The third-order valence-electron chi connectivity index (χ3n) is 4.42. The number of hydrogen-bond donors (Lipinski definition) is 1. The fourth-order valence-electron chi connectivity index (χ4n) is 3.03. The molecule has 3 rings (SSSR count). The first kappa shape index (κ1) is 17.9. The molecular formula is C21H22FN3O. The molecule has 1 N–H and O–H groups in total. The molecule has 5 heteroatoms. The molecule has 0 saturated carbocycles.